The third-order valence-corrected chi connectivity index (χ3v) is 6.72. The maximum Gasteiger partial charge on any atom is 0.154 e. The molecule has 4 aromatic rings. The van der Waals surface area contributed by atoms with E-state index in [9.17, 15) is 8.78 Å². The zero-order valence-electron chi connectivity index (χ0n) is 18.7. The number of aromatic nitrogens is 3. The second kappa shape index (κ2) is 10.1. The van der Waals surface area contributed by atoms with Crippen LogP contribution in [0.4, 0.5) is 8.78 Å². The average molecular weight is 483 g/mol. The Morgan fingerprint density at radius 3 is 2.71 bits per heavy atom. The van der Waals surface area contributed by atoms with E-state index in [2.05, 4.69) is 9.88 Å². The summed E-state index contributed by atoms with van der Waals surface area (Å²) in [6, 6.07) is 15.3. The number of hydrogen-bond donors (Lipinski definition) is 0. The molecule has 0 unspecified atom stereocenters. The van der Waals surface area contributed by atoms with E-state index in [1.54, 1.807) is 23.4 Å². The van der Waals surface area contributed by atoms with E-state index in [-0.39, 0.29) is 5.56 Å². The zero-order chi connectivity index (χ0) is 23.5. The summed E-state index contributed by atoms with van der Waals surface area (Å²) >= 11 is 1.60. The Bertz CT molecular complexity index is 1310. The molecule has 34 heavy (non-hydrogen) atoms. The first-order valence-corrected chi connectivity index (χ1v) is 12.0. The van der Waals surface area contributed by atoms with E-state index in [1.807, 2.05) is 36.4 Å². The number of morpholine rings is 1. The van der Waals surface area contributed by atoms with Crippen molar-refractivity contribution in [3.63, 3.8) is 0 Å². The van der Waals surface area contributed by atoms with Gasteiger partial charge < -0.3 is 9.47 Å². The maximum atomic E-state index is 14.7. The van der Waals surface area contributed by atoms with E-state index >= 15 is 0 Å². The molecule has 0 aliphatic carbocycles. The first-order valence-electron chi connectivity index (χ1n) is 11.0. The monoisotopic (exact) mass is 482 g/mol. The smallest absolute Gasteiger partial charge is 0.154 e. The maximum absolute atomic E-state index is 14.7. The van der Waals surface area contributed by atoms with Crippen LogP contribution < -0.4 is 4.74 Å². The van der Waals surface area contributed by atoms with Crippen LogP contribution in [0.1, 0.15) is 11.3 Å². The van der Waals surface area contributed by atoms with E-state index in [4.69, 9.17) is 14.6 Å². The molecule has 1 saturated heterocycles. The predicted molar refractivity (Wildman–Crippen MR) is 127 cm³/mol. The Labute approximate surface area is 200 Å². The molecule has 0 N–H and O–H groups in total. The highest BCUT2D eigenvalue weighted by Gasteiger charge is 2.22. The first kappa shape index (κ1) is 22.8. The molecular formula is C25H24F2N4O2S. The molecule has 176 valence electrons. The summed E-state index contributed by atoms with van der Waals surface area (Å²) in [4.78, 5) is 6.91. The molecule has 2 aromatic heterocycles. The lowest BCUT2D eigenvalue weighted by atomic mass is 10.1. The normalized spacial score (nSPS) is 14.6. The van der Waals surface area contributed by atoms with Crippen LogP contribution in [0, 0.1) is 11.6 Å². The van der Waals surface area contributed by atoms with Crippen LogP contribution in [0.2, 0.25) is 0 Å². The van der Waals surface area contributed by atoms with Gasteiger partial charge in [-0.05, 0) is 42.0 Å². The fraction of sp³-hybridized carbons (Fsp3) is 0.280. The van der Waals surface area contributed by atoms with Gasteiger partial charge in [-0.15, -0.1) is 0 Å². The van der Waals surface area contributed by atoms with Gasteiger partial charge in [-0.25, -0.2) is 18.3 Å². The number of benzene rings is 2. The molecule has 0 atom stereocenters. The molecule has 0 saturated carbocycles. The molecule has 0 spiro atoms. The van der Waals surface area contributed by atoms with Crippen molar-refractivity contribution >= 4 is 17.4 Å². The summed E-state index contributed by atoms with van der Waals surface area (Å²) in [5, 5.41) is 5.64. The molecule has 0 bridgehead atoms. The number of ether oxygens (including phenoxy) is 2. The number of halogens is 2. The van der Waals surface area contributed by atoms with Gasteiger partial charge in [-0.1, -0.05) is 23.9 Å². The fourth-order valence-electron chi connectivity index (χ4n) is 3.97. The highest BCUT2D eigenvalue weighted by Crippen LogP contribution is 2.30. The van der Waals surface area contributed by atoms with Gasteiger partial charge in [0.25, 0.3) is 0 Å². The summed E-state index contributed by atoms with van der Waals surface area (Å²) in [5.41, 5.74) is 3.26. The number of rotatable bonds is 7. The first-order chi connectivity index (χ1) is 16.6. The number of nitrogens with zero attached hydrogens (tertiary/aromatic N) is 4. The number of thioether (sulfide) groups is 1. The van der Waals surface area contributed by atoms with Crippen molar-refractivity contribution in [3.8, 4) is 17.0 Å². The largest absolute Gasteiger partial charge is 0.497 e. The molecule has 5 rings (SSSR count). The predicted octanol–water partition coefficient (Wildman–Crippen LogP) is 4.81. The Morgan fingerprint density at radius 1 is 1.06 bits per heavy atom. The molecule has 1 aliphatic rings. The van der Waals surface area contributed by atoms with Crippen molar-refractivity contribution in [2.45, 2.75) is 17.3 Å². The lowest BCUT2D eigenvalue weighted by Crippen LogP contribution is -2.36. The van der Waals surface area contributed by atoms with E-state index in [0.717, 1.165) is 46.9 Å². The summed E-state index contributed by atoms with van der Waals surface area (Å²) in [5.74, 6) is 0.283. The minimum Gasteiger partial charge on any atom is -0.497 e. The van der Waals surface area contributed by atoms with Crippen LogP contribution in [-0.4, -0.2) is 52.9 Å². The highest BCUT2D eigenvalue weighted by atomic mass is 32.2. The fourth-order valence-corrected chi connectivity index (χ4v) is 4.77. The van der Waals surface area contributed by atoms with Crippen molar-refractivity contribution in [1.82, 2.24) is 19.5 Å². The van der Waals surface area contributed by atoms with Crippen molar-refractivity contribution in [2.75, 3.05) is 33.4 Å². The van der Waals surface area contributed by atoms with Gasteiger partial charge in [0.05, 0.1) is 31.7 Å². The molecule has 1 fully saturated rings. The summed E-state index contributed by atoms with van der Waals surface area (Å²) in [7, 11) is 1.65. The summed E-state index contributed by atoms with van der Waals surface area (Å²) < 4.78 is 40.8. The second-order valence-electron chi connectivity index (χ2n) is 8.00. The number of fused-ring (bicyclic) bond motifs is 1. The van der Waals surface area contributed by atoms with Crippen molar-refractivity contribution in [3.05, 3.63) is 77.5 Å². The number of methoxy groups -OCH3 is 1. The molecule has 2 aromatic carbocycles. The lowest BCUT2D eigenvalue weighted by molar-refractivity contribution is 0.0335. The minimum absolute atomic E-state index is 0.265. The third-order valence-electron chi connectivity index (χ3n) is 5.73. The van der Waals surface area contributed by atoms with Gasteiger partial charge in [0.15, 0.2) is 5.65 Å². The van der Waals surface area contributed by atoms with Gasteiger partial charge in [-0.3, -0.25) is 4.90 Å². The zero-order valence-corrected chi connectivity index (χ0v) is 19.5. The molecule has 0 amide bonds. The van der Waals surface area contributed by atoms with E-state index in [0.29, 0.717) is 31.1 Å². The Kier molecular flexibility index (Phi) is 6.75. The standard InChI is InChI=1S/C25H24F2N4O2S/c1-32-19-4-2-3-17(13-19)16-34-24-8-7-23-28-25(20-6-5-18(26)14-21(20)27)22(31(23)29-24)15-30-9-11-33-12-10-30/h2-8,13-14H,9-12,15-16H2,1H3. The van der Waals surface area contributed by atoms with Crippen molar-refractivity contribution < 1.29 is 18.3 Å². The molecule has 9 heteroatoms. The lowest BCUT2D eigenvalue weighted by Gasteiger charge is -2.26. The van der Waals surface area contributed by atoms with Gasteiger partial charge in [0.2, 0.25) is 0 Å². The number of hydrogen-bond acceptors (Lipinski definition) is 6. The Morgan fingerprint density at radius 2 is 1.91 bits per heavy atom. The van der Waals surface area contributed by atoms with Crippen molar-refractivity contribution in [2.24, 2.45) is 0 Å². The Balaban J connectivity index is 1.50. The average Bonchev–Trinajstić information content (AvgIpc) is 3.20. The van der Waals surface area contributed by atoms with E-state index < -0.39 is 11.6 Å². The van der Waals surface area contributed by atoms with Crippen LogP contribution in [0.25, 0.3) is 16.9 Å². The van der Waals surface area contributed by atoms with Gasteiger partial charge >= 0.3 is 0 Å². The van der Waals surface area contributed by atoms with Gasteiger partial charge in [0.1, 0.15) is 22.4 Å². The Hall–Kier alpha value is -3.01. The molecular weight excluding hydrogens is 458 g/mol. The molecule has 1 aliphatic heterocycles. The van der Waals surface area contributed by atoms with Crippen LogP contribution >= 0.6 is 11.8 Å². The topological polar surface area (TPSA) is 51.9 Å². The molecule has 6 nitrogen and oxygen atoms in total. The minimum atomic E-state index is -0.640. The van der Waals surface area contributed by atoms with Crippen LogP contribution in [0.3, 0.4) is 0 Å². The quantitative estimate of drug-likeness (QED) is 0.353. The second-order valence-corrected chi connectivity index (χ2v) is 9.00. The van der Waals surface area contributed by atoms with Gasteiger partial charge in [-0.2, -0.15) is 5.10 Å². The van der Waals surface area contributed by atoms with Gasteiger partial charge in [0, 0.05) is 37.0 Å². The van der Waals surface area contributed by atoms with Crippen LogP contribution in [-0.2, 0) is 17.0 Å². The van der Waals surface area contributed by atoms with Crippen LogP contribution in [0.5, 0.6) is 5.75 Å². The summed E-state index contributed by atoms with van der Waals surface area (Å²) in [6.45, 7) is 3.36. The number of imidazole rings is 1. The third kappa shape index (κ3) is 4.91. The molecule has 0 radical (unpaired) electrons. The van der Waals surface area contributed by atoms with Crippen LogP contribution in [0.15, 0.2) is 59.6 Å². The van der Waals surface area contributed by atoms with E-state index in [1.165, 1.54) is 12.1 Å². The summed E-state index contributed by atoms with van der Waals surface area (Å²) in [6.07, 6.45) is 0. The SMILES string of the molecule is COc1cccc(CSc2ccc3nc(-c4ccc(F)cc4F)c(CN4CCOCC4)n3n2)c1. The van der Waals surface area contributed by atoms with Crippen molar-refractivity contribution in [1.29, 1.82) is 0 Å². The molecule has 3 heterocycles. The highest BCUT2D eigenvalue weighted by molar-refractivity contribution is 7.98.